The van der Waals surface area contributed by atoms with Gasteiger partial charge < -0.3 is 0 Å². The lowest BCUT2D eigenvalue weighted by atomic mass is 10.2. The van der Waals surface area contributed by atoms with Gasteiger partial charge in [-0.3, -0.25) is 0 Å². The Labute approximate surface area is 94.5 Å². The molecule has 0 saturated carbocycles. The SMILES string of the molecule is Cc1c(S)sc2ccc(I)cc12. The summed E-state index contributed by atoms with van der Waals surface area (Å²) in [6.07, 6.45) is 0. The van der Waals surface area contributed by atoms with Crippen LogP contribution in [0.4, 0.5) is 0 Å². The van der Waals surface area contributed by atoms with Crippen molar-refractivity contribution in [3.05, 3.63) is 27.3 Å². The average Bonchev–Trinajstić information content (AvgIpc) is 2.31. The molecule has 0 spiro atoms. The maximum Gasteiger partial charge on any atom is 0.0609 e. The van der Waals surface area contributed by atoms with Crippen molar-refractivity contribution in [3.63, 3.8) is 0 Å². The predicted octanol–water partition coefficient (Wildman–Crippen LogP) is 4.10. The fourth-order valence-corrected chi connectivity index (χ4v) is 3.02. The van der Waals surface area contributed by atoms with E-state index >= 15 is 0 Å². The summed E-state index contributed by atoms with van der Waals surface area (Å²) >= 11 is 8.49. The first kappa shape index (κ1) is 8.84. The second kappa shape index (κ2) is 3.20. The Kier molecular flexibility index (Phi) is 2.35. The van der Waals surface area contributed by atoms with Crippen molar-refractivity contribution in [2.75, 3.05) is 0 Å². The van der Waals surface area contributed by atoms with Crippen LogP contribution in [0.25, 0.3) is 10.1 Å². The number of hydrogen-bond donors (Lipinski definition) is 1. The molecule has 0 nitrogen and oxygen atoms in total. The zero-order valence-electron chi connectivity index (χ0n) is 6.47. The molecule has 0 amide bonds. The van der Waals surface area contributed by atoms with E-state index in [1.807, 2.05) is 0 Å². The van der Waals surface area contributed by atoms with Crippen LogP contribution in [0.1, 0.15) is 5.56 Å². The zero-order chi connectivity index (χ0) is 8.72. The van der Waals surface area contributed by atoms with Gasteiger partial charge in [0.15, 0.2) is 0 Å². The lowest BCUT2D eigenvalue weighted by molar-refractivity contribution is 1.47. The Morgan fingerprint density at radius 3 is 2.92 bits per heavy atom. The Bertz CT molecular complexity index is 431. The van der Waals surface area contributed by atoms with Crippen LogP contribution < -0.4 is 0 Å². The van der Waals surface area contributed by atoms with Gasteiger partial charge in [0, 0.05) is 8.27 Å². The van der Waals surface area contributed by atoms with E-state index in [1.54, 1.807) is 11.3 Å². The Morgan fingerprint density at radius 2 is 2.17 bits per heavy atom. The van der Waals surface area contributed by atoms with E-state index in [0.29, 0.717) is 0 Å². The number of fused-ring (bicyclic) bond motifs is 1. The minimum absolute atomic E-state index is 1.13. The first-order chi connectivity index (χ1) is 5.68. The molecule has 0 aliphatic carbocycles. The van der Waals surface area contributed by atoms with E-state index in [9.17, 15) is 0 Å². The van der Waals surface area contributed by atoms with Gasteiger partial charge in [-0.1, -0.05) is 0 Å². The van der Waals surface area contributed by atoms with Crippen LogP contribution in [0.15, 0.2) is 22.4 Å². The Hall–Kier alpha value is 0.260. The van der Waals surface area contributed by atoms with E-state index in [-0.39, 0.29) is 0 Å². The largest absolute Gasteiger partial charge is 0.133 e. The molecule has 1 heterocycles. The van der Waals surface area contributed by atoms with Crippen LogP contribution in [0.5, 0.6) is 0 Å². The third kappa shape index (κ3) is 1.38. The highest BCUT2D eigenvalue weighted by Gasteiger charge is 2.04. The lowest BCUT2D eigenvalue weighted by Crippen LogP contribution is -1.71. The third-order valence-corrected chi connectivity index (χ3v) is 4.23. The van der Waals surface area contributed by atoms with Gasteiger partial charge in [0.2, 0.25) is 0 Å². The molecule has 0 saturated heterocycles. The molecule has 2 aromatic rings. The summed E-state index contributed by atoms with van der Waals surface area (Å²) < 4.78 is 3.75. The fraction of sp³-hybridized carbons (Fsp3) is 0.111. The summed E-state index contributed by atoms with van der Waals surface area (Å²) in [6, 6.07) is 6.50. The van der Waals surface area contributed by atoms with E-state index in [4.69, 9.17) is 0 Å². The summed E-state index contributed by atoms with van der Waals surface area (Å²) in [5.41, 5.74) is 1.30. The first-order valence-electron chi connectivity index (χ1n) is 3.56. The van der Waals surface area contributed by atoms with Crippen LogP contribution in [0, 0.1) is 10.5 Å². The molecule has 2 rings (SSSR count). The molecule has 1 aromatic carbocycles. The van der Waals surface area contributed by atoms with Gasteiger partial charge in [-0.2, -0.15) is 0 Å². The minimum atomic E-state index is 1.13. The first-order valence-corrected chi connectivity index (χ1v) is 5.90. The van der Waals surface area contributed by atoms with Gasteiger partial charge in [-0.15, -0.1) is 24.0 Å². The highest BCUT2D eigenvalue weighted by Crippen LogP contribution is 2.33. The molecule has 1 aromatic heterocycles. The molecule has 12 heavy (non-hydrogen) atoms. The summed E-state index contributed by atoms with van der Waals surface area (Å²) in [5.74, 6) is 0. The molecule has 0 aliphatic heterocycles. The van der Waals surface area contributed by atoms with Crippen molar-refractivity contribution in [1.29, 1.82) is 0 Å². The standard InChI is InChI=1S/C9H7IS2/c1-5-7-4-6(10)2-3-8(7)12-9(5)11/h2-4,11H,1H3. The number of thiophene rings is 1. The molecule has 0 unspecified atom stereocenters. The van der Waals surface area contributed by atoms with Crippen molar-refractivity contribution < 1.29 is 0 Å². The van der Waals surface area contributed by atoms with Crippen LogP contribution >= 0.6 is 46.6 Å². The van der Waals surface area contributed by atoms with Crippen molar-refractivity contribution in [1.82, 2.24) is 0 Å². The van der Waals surface area contributed by atoms with E-state index in [0.717, 1.165) is 4.21 Å². The maximum atomic E-state index is 4.41. The van der Waals surface area contributed by atoms with Crippen LogP contribution in [0.2, 0.25) is 0 Å². The monoisotopic (exact) mass is 306 g/mol. The third-order valence-electron chi connectivity index (χ3n) is 1.87. The van der Waals surface area contributed by atoms with Gasteiger partial charge in [-0.25, -0.2) is 0 Å². The predicted molar refractivity (Wildman–Crippen MR) is 66.5 cm³/mol. The minimum Gasteiger partial charge on any atom is -0.133 e. The molecule has 0 N–H and O–H groups in total. The van der Waals surface area contributed by atoms with Crippen molar-refractivity contribution in [2.45, 2.75) is 11.1 Å². The van der Waals surface area contributed by atoms with Crippen LogP contribution in [-0.4, -0.2) is 0 Å². The van der Waals surface area contributed by atoms with Gasteiger partial charge in [0.1, 0.15) is 0 Å². The summed E-state index contributed by atoms with van der Waals surface area (Å²) in [4.78, 5) is 0. The lowest BCUT2D eigenvalue weighted by Gasteiger charge is -1.92. The number of benzene rings is 1. The Balaban J connectivity index is 2.88. The molecule has 0 bridgehead atoms. The summed E-state index contributed by atoms with van der Waals surface area (Å²) in [5, 5.41) is 1.34. The van der Waals surface area contributed by atoms with Crippen LogP contribution in [0.3, 0.4) is 0 Å². The Morgan fingerprint density at radius 1 is 1.42 bits per heavy atom. The number of rotatable bonds is 0. The normalized spacial score (nSPS) is 10.9. The molecular weight excluding hydrogens is 299 g/mol. The van der Waals surface area contributed by atoms with Gasteiger partial charge in [0.05, 0.1) is 4.21 Å². The molecule has 0 fully saturated rings. The van der Waals surface area contributed by atoms with Gasteiger partial charge >= 0.3 is 0 Å². The maximum absolute atomic E-state index is 4.41. The highest BCUT2D eigenvalue weighted by atomic mass is 127. The quantitative estimate of drug-likeness (QED) is 0.550. The molecule has 0 radical (unpaired) electrons. The number of halogens is 1. The van der Waals surface area contributed by atoms with E-state index in [2.05, 4.69) is 60.3 Å². The van der Waals surface area contributed by atoms with E-state index in [1.165, 1.54) is 19.2 Å². The molecule has 0 aliphatic rings. The van der Waals surface area contributed by atoms with Crippen LogP contribution in [-0.2, 0) is 0 Å². The highest BCUT2D eigenvalue weighted by molar-refractivity contribution is 14.1. The zero-order valence-corrected chi connectivity index (χ0v) is 10.3. The topological polar surface area (TPSA) is 0 Å². The van der Waals surface area contributed by atoms with E-state index < -0.39 is 0 Å². The van der Waals surface area contributed by atoms with Gasteiger partial charge in [0.25, 0.3) is 0 Å². The summed E-state index contributed by atoms with van der Waals surface area (Å²) in [6.45, 7) is 2.12. The summed E-state index contributed by atoms with van der Waals surface area (Å²) in [7, 11) is 0. The van der Waals surface area contributed by atoms with Crippen molar-refractivity contribution in [2.24, 2.45) is 0 Å². The van der Waals surface area contributed by atoms with Gasteiger partial charge in [-0.05, 0) is 58.7 Å². The molecule has 3 heteroatoms. The van der Waals surface area contributed by atoms with Crippen molar-refractivity contribution in [3.8, 4) is 0 Å². The number of thiol groups is 1. The second-order valence-corrected chi connectivity index (χ2v) is 5.72. The molecule has 62 valence electrons. The number of aryl methyl sites for hydroxylation is 1. The smallest absolute Gasteiger partial charge is 0.0609 e. The fourth-order valence-electron chi connectivity index (χ4n) is 1.18. The number of hydrogen-bond acceptors (Lipinski definition) is 2. The average molecular weight is 306 g/mol. The second-order valence-electron chi connectivity index (χ2n) is 2.67. The van der Waals surface area contributed by atoms with Crippen molar-refractivity contribution >= 4 is 56.6 Å². The molecular formula is C9H7IS2. The molecule has 0 atom stereocenters.